The molecule has 0 bridgehead atoms. The number of halogens is 4. The number of anilines is 1. The predicted octanol–water partition coefficient (Wildman–Crippen LogP) is 1.76. The van der Waals surface area contributed by atoms with Crippen LogP contribution in [-0.4, -0.2) is 31.3 Å². The second kappa shape index (κ2) is 4.58. The maximum atomic E-state index is 12.7. The summed E-state index contributed by atoms with van der Waals surface area (Å²) in [5.41, 5.74) is 0. The van der Waals surface area contributed by atoms with Gasteiger partial charge in [-0.1, -0.05) is 11.6 Å². The van der Waals surface area contributed by atoms with Gasteiger partial charge >= 0.3 is 6.18 Å². The van der Waals surface area contributed by atoms with Crippen LogP contribution in [0, 0.1) is 0 Å². The number of rotatable bonds is 1. The Bertz CT molecular complexity index is 640. The third-order valence-electron chi connectivity index (χ3n) is 2.90. The van der Waals surface area contributed by atoms with Gasteiger partial charge in [0.1, 0.15) is 17.3 Å². The third kappa shape index (κ3) is 2.40. The van der Waals surface area contributed by atoms with Crippen LogP contribution in [-0.2, 0) is 19.3 Å². The van der Waals surface area contributed by atoms with Crippen LogP contribution in [0.3, 0.4) is 0 Å². The van der Waals surface area contributed by atoms with Gasteiger partial charge in [0.2, 0.25) is 5.82 Å². The molecule has 0 aliphatic carbocycles. The first kappa shape index (κ1) is 13.1. The highest BCUT2D eigenvalue weighted by Gasteiger charge is 2.36. The lowest BCUT2D eigenvalue weighted by Gasteiger charge is -2.28. The van der Waals surface area contributed by atoms with Crippen LogP contribution in [0.2, 0.25) is 5.15 Å². The molecular formula is C10H8ClF3N6. The molecule has 0 N–H and O–H groups in total. The molecule has 0 saturated carbocycles. The van der Waals surface area contributed by atoms with Gasteiger partial charge in [-0.2, -0.15) is 13.2 Å². The Labute approximate surface area is 116 Å². The summed E-state index contributed by atoms with van der Waals surface area (Å²) < 4.78 is 39.9. The molecule has 3 rings (SSSR count). The molecule has 2 aromatic rings. The Morgan fingerprint density at radius 1 is 1.20 bits per heavy atom. The number of fused-ring (bicyclic) bond motifs is 1. The van der Waals surface area contributed by atoms with Gasteiger partial charge in [0.05, 0.1) is 6.54 Å². The molecule has 0 spiro atoms. The lowest BCUT2D eigenvalue weighted by Crippen LogP contribution is -2.34. The van der Waals surface area contributed by atoms with Crippen LogP contribution in [0.4, 0.5) is 19.0 Å². The minimum atomic E-state index is -4.63. The van der Waals surface area contributed by atoms with Crippen molar-refractivity contribution in [1.29, 1.82) is 0 Å². The van der Waals surface area contributed by atoms with E-state index in [1.54, 1.807) is 11.2 Å². The molecule has 0 saturated heterocycles. The van der Waals surface area contributed by atoms with Crippen molar-refractivity contribution in [3.05, 3.63) is 29.2 Å². The molecule has 1 aliphatic rings. The van der Waals surface area contributed by atoms with Gasteiger partial charge in [0, 0.05) is 19.2 Å². The van der Waals surface area contributed by atoms with E-state index in [2.05, 4.69) is 20.2 Å². The lowest BCUT2D eigenvalue weighted by atomic mass is 10.3. The van der Waals surface area contributed by atoms with E-state index in [9.17, 15) is 13.2 Å². The summed E-state index contributed by atoms with van der Waals surface area (Å²) in [4.78, 5) is 8.40. The van der Waals surface area contributed by atoms with Gasteiger partial charge in [-0.3, -0.25) is 0 Å². The molecular weight excluding hydrogens is 297 g/mol. The molecule has 20 heavy (non-hydrogen) atoms. The fraction of sp³-hybridized carbons (Fsp3) is 0.400. The van der Waals surface area contributed by atoms with Crippen LogP contribution in [0.1, 0.15) is 11.6 Å². The highest BCUT2D eigenvalue weighted by Crippen LogP contribution is 2.29. The lowest BCUT2D eigenvalue weighted by molar-refractivity contribution is -0.144. The summed E-state index contributed by atoms with van der Waals surface area (Å²) in [7, 11) is 0. The first-order valence-corrected chi connectivity index (χ1v) is 6.05. The van der Waals surface area contributed by atoms with Crippen molar-refractivity contribution in [2.75, 3.05) is 11.4 Å². The number of nitrogens with zero attached hydrogens (tertiary/aromatic N) is 6. The van der Waals surface area contributed by atoms with Crippen LogP contribution in [0.25, 0.3) is 0 Å². The van der Waals surface area contributed by atoms with E-state index < -0.39 is 12.0 Å². The van der Waals surface area contributed by atoms with Gasteiger partial charge in [0.25, 0.3) is 0 Å². The smallest absolute Gasteiger partial charge is 0.347 e. The van der Waals surface area contributed by atoms with Gasteiger partial charge in [-0.15, -0.1) is 10.2 Å². The highest BCUT2D eigenvalue weighted by atomic mass is 35.5. The minimum absolute atomic E-state index is 0.131. The molecule has 106 valence electrons. The fourth-order valence-electron chi connectivity index (χ4n) is 1.96. The van der Waals surface area contributed by atoms with E-state index in [0.717, 1.165) is 0 Å². The Hall–Kier alpha value is -1.90. The molecule has 0 amide bonds. The number of hydrogen-bond acceptors (Lipinski definition) is 5. The van der Waals surface area contributed by atoms with Crippen molar-refractivity contribution in [3.63, 3.8) is 0 Å². The Kier molecular flexibility index (Phi) is 3.00. The van der Waals surface area contributed by atoms with E-state index in [1.165, 1.54) is 6.07 Å². The van der Waals surface area contributed by atoms with Crippen molar-refractivity contribution in [2.45, 2.75) is 19.3 Å². The predicted molar refractivity (Wildman–Crippen MR) is 63.1 cm³/mol. The summed E-state index contributed by atoms with van der Waals surface area (Å²) >= 11 is 5.64. The SMILES string of the molecule is FC(F)(F)c1nc(Cl)cc(N2CCn3cnnc3C2)n1. The van der Waals surface area contributed by atoms with E-state index in [-0.39, 0.29) is 11.0 Å². The zero-order valence-corrected chi connectivity index (χ0v) is 10.7. The number of hydrogen-bond donors (Lipinski definition) is 0. The van der Waals surface area contributed by atoms with Crippen molar-refractivity contribution in [2.24, 2.45) is 0 Å². The van der Waals surface area contributed by atoms with Gasteiger partial charge in [0.15, 0.2) is 5.82 Å². The zero-order chi connectivity index (χ0) is 14.3. The summed E-state index contributed by atoms with van der Waals surface area (Å²) in [6, 6.07) is 1.31. The average molecular weight is 305 g/mol. The van der Waals surface area contributed by atoms with E-state index in [4.69, 9.17) is 11.6 Å². The van der Waals surface area contributed by atoms with Crippen molar-refractivity contribution >= 4 is 17.4 Å². The zero-order valence-electron chi connectivity index (χ0n) is 9.97. The molecule has 0 atom stereocenters. The summed E-state index contributed by atoms with van der Waals surface area (Å²) in [5, 5.41) is 7.41. The molecule has 10 heteroatoms. The van der Waals surface area contributed by atoms with Gasteiger partial charge in [-0.25, -0.2) is 9.97 Å². The highest BCUT2D eigenvalue weighted by molar-refractivity contribution is 6.29. The molecule has 0 unspecified atom stereocenters. The van der Waals surface area contributed by atoms with Crippen LogP contribution in [0.15, 0.2) is 12.4 Å². The Balaban J connectivity index is 1.93. The third-order valence-corrected chi connectivity index (χ3v) is 3.09. The van der Waals surface area contributed by atoms with Crippen molar-refractivity contribution in [3.8, 4) is 0 Å². The minimum Gasteiger partial charge on any atom is -0.347 e. The average Bonchev–Trinajstić information content (AvgIpc) is 2.84. The normalized spacial score (nSPS) is 15.3. The van der Waals surface area contributed by atoms with Crippen molar-refractivity contribution < 1.29 is 13.2 Å². The van der Waals surface area contributed by atoms with E-state index >= 15 is 0 Å². The summed E-state index contributed by atoms with van der Waals surface area (Å²) in [5.74, 6) is -0.446. The standard InChI is InChI=1S/C10H8ClF3N6/c11-6-3-7(17-9(16-6)10(12,13)14)19-1-2-20-5-15-18-8(20)4-19/h3,5H,1-2,4H2. The first-order valence-electron chi connectivity index (χ1n) is 5.67. The quantitative estimate of drug-likeness (QED) is 0.751. The van der Waals surface area contributed by atoms with E-state index in [0.29, 0.717) is 25.5 Å². The second-order valence-corrected chi connectivity index (χ2v) is 4.62. The number of aromatic nitrogens is 5. The molecule has 2 aromatic heterocycles. The molecule has 1 aliphatic heterocycles. The summed E-state index contributed by atoms with van der Waals surface area (Å²) in [6.45, 7) is 1.39. The largest absolute Gasteiger partial charge is 0.451 e. The molecule has 0 fully saturated rings. The number of alkyl halides is 3. The Morgan fingerprint density at radius 2 is 2.00 bits per heavy atom. The summed E-state index contributed by atoms with van der Waals surface area (Å²) in [6.07, 6.45) is -3.05. The first-order chi connectivity index (χ1) is 9.43. The Morgan fingerprint density at radius 3 is 2.75 bits per heavy atom. The van der Waals surface area contributed by atoms with Crippen LogP contribution >= 0.6 is 11.6 Å². The topological polar surface area (TPSA) is 59.7 Å². The fourth-order valence-corrected chi connectivity index (χ4v) is 2.13. The monoisotopic (exact) mass is 304 g/mol. The van der Waals surface area contributed by atoms with Crippen LogP contribution < -0.4 is 4.90 Å². The maximum absolute atomic E-state index is 12.7. The second-order valence-electron chi connectivity index (χ2n) is 4.23. The van der Waals surface area contributed by atoms with Crippen LogP contribution in [0.5, 0.6) is 0 Å². The van der Waals surface area contributed by atoms with Crippen molar-refractivity contribution in [1.82, 2.24) is 24.7 Å². The molecule has 0 aromatic carbocycles. The van der Waals surface area contributed by atoms with Gasteiger partial charge < -0.3 is 9.47 Å². The molecule has 3 heterocycles. The maximum Gasteiger partial charge on any atom is 0.451 e. The van der Waals surface area contributed by atoms with Gasteiger partial charge in [-0.05, 0) is 0 Å². The molecule has 0 radical (unpaired) electrons. The van der Waals surface area contributed by atoms with E-state index in [1.807, 2.05) is 4.57 Å². The molecule has 6 nitrogen and oxygen atoms in total.